The average molecular weight is 370 g/mol. The van der Waals surface area contributed by atoms with Crippen molar-refractivity contribution in [1.29, 1.82) is 0 Å². The van der Waals surface area contributed by atoms with Crippen molar-refractivity contribution in [2.24, 2.45) is 0 Å². The first-order chi connectivity index (χ1) is 10.9. The fourth-order valence-electron chi connectivity index (χ4n) is 1.83. The van der Waals surface area contributed by atoms with E-state index in [2.05, 4.69) is 5.32 Å². The number of hydrogen-bond donors (Lipinski definition) is 1. The van der Waals surface area contributed by atoms with E-state index in [1.165, 1.54) is 12.1 Å². The minimum Gasteiger partial charge on any atom is -0.351 e. The maximum atomic E-state index is 12.0. The Morgan fingerprint density at radius 2 is 1.87 bits per heavy atom. The third-order valence-electron chi connectivity index (χ3n) is 2.99. The van der Waals surface area contributed by atoms with Crippen LogP contribution in [-0.2, 0) is 9.84 Å². The average Bonchev–Trinajstić information content (AvgIpc) is 2.52. The fourth-order valence-corrected chi connectivity index (χ4v) is 3.40. The highest BCUT2D eigenvalue weighted by atomic mass is 35.5. The van der Waals surface area contributed by atoms with Crippen molar-refractivity contribution in [1.82, 2.24) is 5.32 Å². The van der Waals surface area contributed by atoms with Crippen molar-refractivity contribution in [2.75, 3.05) is 18.6 Å². The van der Waals surface area contributed by atoms with Crippen LogP contribution >= 0.6 is 23.4 Å². The van der Waals surface area contributed by atoms with E-state index in [9.17, 15) is 13.2 Å². The Balaban J connectivity index is 1.86. The number of carbonyl (C=O) groups is 1. The van der Waals surface area contributed by atoms with E-state index >= 15 is 0 Å². The molecule has 0 fully saturated rings. The molecule has 0 spiro atoms. The molecule has 23 heavy (non-hydrogen) atoms. The number of hydrogen-bond acceptors (Lipinski definition) is 4. The standard InChI is InChI=1S/C16H16ClNO3S2/c1-23(20,21)15-4-2-3-12(11-15)16(19)18-9-10-22-14-7-5-13(17)6-8-14/h2-8,11H,9-10H2,1H3,(H,18,19). The van der Waals surface area contributed by atoms with Crippen LogP contribution in [0.2, 0.25) is 5.02 Å². The van der Waals surface area contributed by atoms with E-state index in [0.717, 1.165) is 11.2 Å². The van der Waals surface area contributed by atoms with Gasteiger partial charge < -0.3 is 5.32 Å². The van der Waals surface area contributed by atoms with E-state index in [1.54, 1.807) is 23.9 Å². The molecule has 0 aliphatic heterocycles. The van der Waals surface area contributed by atoms with Crippen LogP contribution in [0.5, 0.6) is 0 Å². The van der Waals surface area contributed by atoms with Crippen molar-refractivity contribution in [3.05, 3.63) is 59.1 Å². The first-order valence-corrected chi connectivity index (χ1v) is 10.1. The molecule has 122 valence electrons. The Bertz CT molecular complexity index is 789. The van der Waals surface area contributed by atoms with Gasteiger partial charge in [0.15, 0.2) is 9.84 Å². The molecule has 0 radical (unpaired) electrons. The van der Waals surface area contributed by atoms with Gasteiger partial charge in [-0.2, -0.15) is 0 Å². The Hall–Kier alpha value is -1.50. The van der Waals surface area contributed by atoms with Crippen molar-refractivity contribution in [2.45, 2.75) is 9.79 Å². The highest BCUT2D eigenvalue weighted by Crippen LogP contribution is 2.19. The summed E-state index contributed by atoms with van der Waals surface area (Å²) in [5, 5.41) is 3.47. The van der Waals surface area contributed by atoms with Crippen LogP contribution in [0.3, 0.4) is 0 Å². The summed E-state index contributed by atoms with van der Waals surface area (Å²) in [6, 6.07) is 13.5. The van der Waals surface area contributed by atoms with Crippen LogP contribution in [0.15, 0.2) is 58.3 Å². The molecule has 0 aromatic heterocycles. The highest BCUT2D eigenvalue weighted by molar-refractivity contribution is 7.99. The Kier molecular flexibility index (Phi) is 6.10. The van der Waals surface area contributed by atoms with Crippen molar-refractivity contribution >= 4 is 39.1 Å². The largest absolute Gasteiger partial charge is 0.351 e. The Morgan fingerprint density at radius 3 is 2.52 bits per heavy atom. The summed E-state index contributed by atoms with van der Waals surface area (Å²) in [6.07, 6.45) is 1.12. The summed E-state index contributed by atoms with van der Waals surface area (Å²) >= 11 is 7.42. The zero-order valence-corrected chi connectivity index (χ0v) is 14.8. The molecule has 0 bridgehead atoms. The number of amides is 1. The predicted octanol–water partition coefficient (Wildman–Crippen LogP) is 3.27. The molecule has 4 nitrogen and oxygen atoms in total. The summed E-state index contributed by atoms with van der Waals surface area (Å²) in [7, 11) is -3.32. The fraction of sp³-hybridized carbons (Fsp3) is 0.188. The minimum absolute atomic E-state index is 0.140. The van der Waals surface area contributed by atoms with Gasteiger partial charge in [0.1, 0.15) is 0 Å². The number of thioether (sulfide) groups is 1. The van der Waals surface area contributed by atoms with Gasteiger partial charge in [0.2, 0.25) is 0 Å². The molecule has 1 N–H and O–H groups in total. The van der Waals surface area contributed by atoms with Crippen molar-refractivity contribution in [3.63, 3.8) is 0 Å². The summed E-state index contributed by atoms with van der Waals surface area (Å²) in [5.41, 5.74) is 0.337. The lowest BCUT2D eigenvalue weighted by Gasteiger charge is -2.06. The van der Waals surface area contributed by atoms with Crippen molar-refractivity contribution < 1.29 is 13.2 Å². The molecule has 0 unspecified atom stereocenters. The van der Waals surface area contributed by atoms with E-state index in [0.29, 0.717) is 22.9 Å². The van der Waals surface area contributed by atoms with E-state index in [4.69, 9.17) is 11.6 Å². The number of carbonyl (C=O) groups excluding carboxylic acids is 1. The predicted molar refractivity (Wildman–Crippen MR) is 94.1 cm³/mol. The van der Waals surface area contributed by atoms with Crippen LogP contribution in [0.4, 0.5) is 0 Å². The number of sulfone groups is 1. The molecule has 0 aliphatic rings. The third kappa shape index (κ3) is 5.57. The smallest absolute Gasteiger partial charge is 0.251 e. The van der Waals surface area contributed by atoms with Gasteiger partial charge >= 0.3 is 0 Å². The molecule has 2 aromatic rings. The Labute approximate surface area is 145 Å². The lowest BCUT2D eigenvalue weighted by molar-refractivity contribution is 0.0956. The van der Waals surface area contributed by atoms with Gasteiger partial charge in [-0.15, -0.1) is 11.8 Å². The number of benzene rings is 2. The second-order valence-corrected chi connectivity index (χ2v) is 8.48. The van der Waals surface area contributed by atoms with Gasteiger partial charge in [-0.25, -0.2) is 8.42 Å². The van der Waals surface area contributed by atoms with Gasteiger partial charge in [0.05, 0.1) is 4.90 Å². The molecule has 7 heteroatoms. The van der Waals surface area contributed by atoms with Gasteiger partial charge in [0.25, 0.3) is 5.91 Å². The lowest BCUT2D eigenvalue weighted by atomic mass is 10.2. The summed E-state index contributed by atoms with van der Waals surface area (Å²) in [5.74, 6) is 0.422. The topological polar surface area (TPSA) is 63.2 Å². The minimum atomic E-state index is -3.32. The van der Waals surface area contributed by atoms with Crippen LogP contribution in [0.1, 0.15) is 10.4 Å². The van der Waals surface area contributed by atoms with E-state index in [1.807, 2.05) is 24.3 Å². The molecular formula is C16H16ClNO3S2. The zero-order chi connectivity index (χ0) is 16.9. The quantitative estimate of drug-likeness (QED) is 0.627. The van der Waals surface area contributed by atoms with Crippen molar-refractivity contribution in [3.8, 4) is 0 Å². The summed E-state index contributed by atoms with van der Waals surface area (Å²) in [4.78, 5) is 13.3. The SMILES string of the molecule is CS(=O)(=O)c1cccc(C(=O)NCCSc2ccc(Cl)cc2)c1. The van der Waals surface area contributed by atoms with Crippen LogP contribution < -0.4 is 5.32 Å². The molecule has 0 saturated carbocycles. The molecule has 0 saturated heterocycles. The molecule has 0 aliphatic carbocycles. The second kappa shape index (κ2) is 7.86. The van der Waals surface area contributed by atoms with Gasteiger partial charge in [-0.05, 0) is 42.5 Å². The normalized spacial score (nSPS) is 11.2. The van der Waals surface area contributed by atoms with Crippen LogP contribution in [0.25, 0.3) is 0 Å². The lowest BCUT2D eigenvalue weighted by Crippen LogP contribution is -2.25. The van der Waals surface area contributed by atoms with E-state index < -0.39 is 9.84 Å². The molecule has 2 aromatic carbocycles. The Morgan fingerprint density at radius 1 is 1.17 bits per heavy atom. The number of rotatable bonds is 6. The summed E-state index contributed by atoms with van der Waals surface area (Å²) in [6.45, 7) is 0.481. The molecule has 2 rings (SSSR count). The van der Waals surface area contributed by atoms with Gasteiger partial charge in [-0.1, -0.05) is 17.7 Å². The molecule has 1 amide bonds. The molecular weight excluding hydrogens is 354 g/mol. The van der Waals surface area contributed by atoms with Crippen LogP contribution in [-0.4, -0.2) is 32.9 Å². The molecule has 0 heterocycles. The summed E-state index contributed by atoms with van der Waals surface area (Å²) < 4.78 is 23.0. The zero-order valence-electron chi connectivity index (χ0n) is 12.5. The number of halogens is 1. The first kappa shape index (κ1) is 17.8. The first-order valence-electron chi connectivity index (χ1n) is 6.83. The maximum Gasteiger partial charge on any atom is 0.251 e. The van der Waals surface area contributed by atoms with Crippen LogP contribution in [0, 0.1) is 0 Å². The second-order valence-electron chi connectivity index (χ2n) is 4.86. The van der Waals surface area contributed by atoms with Gasteiger partial charge in [-0.3, -0.25) is 4.79 Å². The van der Waals surface area contributed by atoms with E-state index in [-0.39, 0.29) is 10.8 Å². The highest BCUT2D eigenvalue weighted by Gasteiger charge is 2.11. The monoisotopic (exact) mass is 369 g/mol. The molecule has 0 atom stereocenters. The number of nitrogens with one attached hydrogen (secondary N) is 1. The third-order valence-corrected chi connectivity index (χ3v) is 5.37. The maximum absolute atomic E-state index is 12.0. The van der Waals surface area contributed by atoms with Gasteiger partial charge in [0, 0.05) is 34.0 Å².